The van der Waals surface area contributed by atoms with Gasteiger partial charge in [-0.1, -0.05) is 11.8 Å². The molecular formula is C15H13F2N7S. The molecular weight excluding hydrogens is 348 g/mol. The van der Waals surface area contributed by atoms with Gasteiger partial charge in [0.05, 0.1) is 18.3 Å². The van der Waals surface area contributed by atoms with Gasteiger partial charge in [-0.3, -0.25) is 0 Å². The van der Waals surface area contributed by atoms with Gasteiger partial charge in [-0.05, 0) is 25.3 Å². The van der Waals surface area contributed by atoms with Gasteiger partial charge in [0.2, 0.25) is 5.95 Å². The Morgan fingerprint density at radius 1 is 1.24 bits per heavy atom. The second-order valence-electron chi connectivity index (χ2n) is 5.39. The van der Waals surface area contributed by atoms with Crippen molar-refractivity contribution in [1.29, 1.82) is 0 Å². The van der Waals surface area contributed by atoms with Crippen LogP contribution in [0.4, 0.5) is 14.7 Å². The van der Waals surface area contributed by atoms with Gasteiger partial charge in [0.1, 0.15) is 11.3 Å². The predicted octanol–water partition coefficient (Wildman–Crippen LogP) is 2.92. The molecule has 128 valence electrons. The molecule has 4 aromatic rings. The number of aryl methyl sites for hydroxylation is 1. The Labute approximate surface area is 144 Å². The lowest BCUT2D eigenvalue weighted by Crippen LogP contribution is -2.10. The summed E-state index contributed by atoms with van der Waals surface area (Å²) in [6.07, 6.45) is 3.59. The van der Waals surface area contributed by atoms with Crippen molar-refractivity contribution >= 4 is 34.4 Å². The molecule has 0 saturated heterocycles. The van der Waals surface area contributed by atoms with Gasteiger partial charge in [-0.2, -0.15) is 14.6 Å². The van der Waals surface area contributed by atoms with E-state index in [0.29, 0.717) is 28.1 Å². The van der Waals surface area contributed by atoms with Crippen molar-refractivity contribution in [3.05, 3.63) is 41.4 Å². The summed E-state index contributed by atoms with van der Waals surface area (Å²) >= 11 is 1.42. The van der Waals surface area contributed by atoms with E-state index >= 15 is 0 Å². The highest BCUT2D eigenvalue weighted by Gasteiger charge is 2.14. The zero-order valence-electron chi connectivity index (χ0n) is 13.3. The third-order valence-corrected chi connectivity index (χ3v) is 4.26. The molecule has 0 aliphatic heterocycles. The Morgan fingerprint density at radius 3 is 2.88 bits per heavy atom. The lowest BCUT2D eigenvalue weighted by Gasteiger charge is -2.07. The molecule has 25 heavy (non-hydrogen) atoms. The van der Waals surface area contributed by atoms with E-state index in [-0.39, 0.29) is 12.1 Å². The van der Waals surface area contributed by atoms with Gasteiger partial charge >= 0.3 is 0 Å². The van der Waals surface area contributed by atoms with Crippen molar-refractivity contribution in [2.75, 3.05) is 11.6 Å². The molecule has 0 spiro atoms. The van der Waals surface area contributed by atoms with Gasteiger partial charge in [-0.15, -0.1) is 0 Å². The van der Waals surface area contributed by atoms with Crippen molar-refractivity contribution in [3.63, 3.8) is 0 Å². The van der Waals surface area contributed by atoms with Gasteiger partial charge in [0.15, 0.2) is 22.4 Å². The number of thioether (sulfide) groups is 1. The Balaban J connectivity index is 1.67. The van der Waals surface area contributed by atoms with Gasteiger partial charge < -0.3 is 10.3 Å². The Hall–Kier alpha value is -2.75. The van der Waals surface area contributed by atoms with Crippen molar-refractivity contribution in [2.45, 2.75) is 18.6 Å². The largest absolute Gasteiger partial charge is 0.347 e. The molecule has 0 atom stereocenters. The maximum Gasteiger partial charge on any atom is 0.228 e. The van der Waals surface area contributed by atoms with Crippen LogP contribution in [0.25, 0.3) is 16.7 Å². The van der Waals surface area contributed by atoms with Crippen LogP contribution in [0.2, 0.25) is 0 Å². The minimum absolute atomic E-state index is 0.0237. The number of H-pyrrole nitrogens is 1. The number of anilines is 1. The summed E-state index contributed by atoms with van der Waals surface area (Å²) < 4.78 is 28.7. The van der Waals surface area contributed by atoms with E-state index in [0.717, 1.165) is 11.6 Å². The van der Waals surface area contributed by atoms with E-state index in [1.165, 1.54) is 17.8 Å². The average Bonchev–Trinajstić information content (AvgIpc) is 3.20. The first-order valence-electron chi connectivity index (χ1n) is 7.39. The summed E-state index contributed by atoms with van der Waals surface area (Å²) in [4.78, 5) is 15.9. The number of aromatic nitrogens is 6. The van der Waals surface area contributed by atoms with E-state index in [1.54, 1.807) is 10.7 Å². The Bertz CT molecular complexity index is 1090. The molecule has 3 heterocycles. The maximum atomic E-state index is 13.8. The monoisotopic (exact) mass is 361 g/mol. The fraction of sp³-hybridized carbons (Fsp3) is 0.200. The van der Waals surface area contributed by atoms with Crippen LogP contribution in [0.5, 0.6) is 0 Å². The van der Waals surface area contributed by atoms with Crippen LogP contribution in [-0.4, -0.2) is 35.8 Å². The number of aromatic amines is 1. The number of nitrogens with one attached hydrogen (secondary N) is 2. The highest BCUT2D eigenvalue weighted by Crippen LogP contribution is 2.20. The topological polar surface area (TPSA) is 83.8 Å². The standard InChI is InChI=1S/C15H13F2N7S/c1-7-5-19-24-13(7)22-15(25-2)23-14(24)18-6-10-20-9-4-3-8(16)11(17)12(9)21-10/h3-5H,6H2,1-2H3,(H,20,21)(H,18,22,23). The lowest BCUT2D eigenvalue weighted by molar-refractivity contribution is 0.515. The highest BCUT2D eigenvalue weighted by atomic mass is 32.2. The molecule has 0 bridgehead atoms. The van der Waals surface area contributed by atoms with Crippen LogP contribution in [0, 0.1) is 18.6 Å². The molecule has 0 aliphatic rings. The maximum absolute atomic E-state index is 13.8. The van der Waals surface area contributed by atoms with Crippen LogP contribution < -0.4 is 5.32 Å². The van der Waals surface area contributed by atoms with Crippen molar-refractivity contribution < 1.29 is 8.78 Å². The van der Waals surface area contributed by atoms with E-state index < -0.39 is 11.6 Å². The molecule has 0 saturated carbocycles. The molecule has 7 nitrogen and oxygen atoms in total. The number of fused-ring (bicyclic) bond motifs is 2. The first-order chi connectivity index (χ1) is 12.1. The molecule has 0 fully saturated rings. The molecule has 4 rings (SSSR count). The summed E-state index contributed by atoms with van der Waals surface area (Å²) in [6, 6.07) is 2.52. The second kappa shape index (κ2) is 5.96. The van der Waals surface area contributed by atoms with Crippen LogP contribution in [-0.2, 0) is 6.54 Å². The second-order valence-corrected chi connectivity index (χ2v) is 6.16. The first kappa shape index (κ1) is 15.8. The van der Waals surface area contributed by atoms with Gasteiger partial charge in [0.25, 0.3) is 0 Å². The average molecular weight is 361 g/mol. The van der Waals surface area contributed by atoms with E-state index in [2.05, 4.69) is 30.4 Å². The van der Waals surface area contributed by atoms with E-state index in [9.17, 15) is 8.78 Å². The third kappa shape index (κ3) is 2.68. The van der Waals surface area contributed by atoms with Gasteiger partial charge in [-0.25, -0.2) is 18.7 Å². The number of imidazole rings is 1. The quantitative estimate of drug-likeness (QED) is 0.544. The summed E-state index contributed by atoms with van der Waals surface area (Å²) in [6.45, 7) is 2.16. The normalized spacial score (nSPS) is 11.5. The first-order valence-corrected chi connectivity index (χ1v) is 8.62. The summed E-state index contributed by atoms with van der Waals surface area (Å²) in [7, 11) is 0. The number of halogens is 2. The third-order valence-electron chi connectivity index (χ3n) is 3.72. The van der Waals surface area contributed by atoms with Crippen molar-refractivity contribution in [3.8, 4) is 0 Å². The summed E-state index contributed by atoms with van der Waals surface area (Å²) in [5, 5.41) is 7.97. The molecule has 0 amide bonds. The number of nitrogens with zero attached hydrogens (tertiary/aromatic N) is 5. The minimum atomic E-state index is -0.961. The fourth-order valence-corrected chi connectivity index (χ4v) is 2.84. The molecule has 1 aromatic carbocycles. The van der Waals surface area contributed by atoms with Crippen LogP contribution in [0.15, 0.2) is 23.5 Å². The van der Waals surface area contributed by atoms with E-state index in [1.807, 2.05) is 13.2 Å². The molecule has 0 aliphatic carbocycles. The summed E-state index contributed by atoms with van der Waals surface area (Å²) in [5.41, 5.74) is 2.05. The Kier molecular flexibility index (Phi) is 3.75. The number of rotatable bonds is 4. The molecule has 0 radical (unpaired) electrons. The highest BCUT2D eigenvalue weighted by molar-refractivity contribution is 7.98. The number of hydrogen-bond donors (Lipinski definition) is 2. The molecule has 2 N–H and O–H groups in total. The van der Waals surface area contributed by atoms with Crippen molar-refractivity contribution in [1.82, 2.24) is 29.5 Å². The molecule has 3 aromatic heterocycles. The van der Waals surface area contributed by atoms with Crippen LogP contribution >= 0.6 is 11.8 Å². The SMILES string of the molecule is CSc1nc(NCc2nc3c(F)c(F)ccc3[nH]2)n2ncc(C)c2n1. The number of hydrogen-bond acceptors (Lipinski definition) is 6. The van der Waals surface area contributed by atoms with Crippen LogP contribution in [0.3, 0.4) is 0 Å². The fourth-order valence-electron chi connectivity index (χ4n) is 2.49. The smallest absolute Gasteiger partial charge is 0.228 e. The molecule has 10 heteroatoms. The predicted molar refractivity (Wildman–Crippen MR) is 90.6 cm³/mol. The zero-order valence-corrected chi connectivity index (χ0v) is 14.2. The Morgan fingerprint density at radius 2 is 2.08 bits per heavy atom. The van der Waals surface area contributed by atoms with E-state index in [4.69, 9.17) is 0 Å². The van der Waals surface area contributed by atoms with Gasteiger partial charge in [0, 0.05) is 5.56 Å². The number of benzene rings is 1. The lowest BCUT2D eigenvalue weighted by atomic mass is 10.3. The summed E-state index contributed by atoms with van der Waals surface area (Å²) in [5.74, 6) is -0.931. The van der Waals surface area contributed by atoms with Crippen LogP contribution in [0.1, 0.15) is 11.4 Å². The van der Waals surface area contributed by atoms with Crippen molar-refractivity contribution in [2.24, 2.45) is 0 Å². The minimum Gasteiger partial charge on any atom is -0.347 e. The molecule has 0 unspecified atom stereocenters. The zero-order chi connectivity index (χ0) is 17.6.